The molecule has 1 fully saturated rings. The minimum atomic E-state index is -1.10. The molecule has 1 aliphatic carbocycles. The van der Waals surface area contributed by atoms with Crippen molar-refractivity contribution in [2.75, 3.05) is 13.2 Å². The van der Waals surface area contributed by atoms with Crippen LogP contribution in [0.5, 0.6) is 0 Å². The molecule has 2 aliphatic rings. The van der Waals surface area contributed by atoms with Gasteiger partial charge in [-0.3, -0.25) is 0 Å². The Balaban J connectivity index is 1.30. The molecule has 1 amide bonds. The fourth-order valence-electron chi connectivity index (χ4n) is 4.85. The minimum Gasteiger partial charge on any atom is -0.477 e. The highest BCUT2D eigenvalue weighted by Crippen LogP contribution is 2.44. The molecule has 39 heavy (non-hydrogen) atoms. The van der Waals surface area contributed by atoms with Crippen molar-refractivity contribution >= 4 is 25.3 Å². The van der Waals surface area contributed by atoms with Gasteiger partial charge in [0, 0.05) is 18.7 Å². The highest BCUT2D eigenvalue weighted by molar-refractivity contribution is 6.56. The lowest BCUT2D eigenvalue weighted by Crippen LogP contribution is -2.41. The average molecular weight is 526 g/mol. The number of aromatic carboxylic acids is 1. The summed E-state index contributed by atoms with van der Waals surface area (Å²) in [4.78, 5) is 28.0. The summed E-state index contributed by atoms with van der Waals surface area (Å²) in [6.45, 7) is 8.11. The Kier molecular flexibility index (Phi) is 7.05. The van der Waals surface area contributed by atoms with E-state index in [-0.39, 0.29) is 24.8 Å². The smallest absolute Gasteiger partial charge is 0.477 e. The molecule has 0 saturated carbocycles. The van der Waals surface area contributed by atoms with E-state index in [1.54, 1.807) is 12.1 Å². The molecule has 3 aromatic rings. The molecule has 0 unspecified atom stereocenters. The molecule has 2 N–H and O–H groups in total. The zero-order chi connectivity index (χ0) is 27.8. The summed E-state index contributed by atoms with van der Waals surface area (Å²) in [7, 11) is -0.719. The van der Waals surface area contributed by atoms with Gasteiger partial charge in [-0.1, -0.05) is 60.7 Å². The van der Waals surface area contributed by atoms with Gasteiger partial charge in [0.2, 0.25) is 0 Å². The molecule has 9 heteroatoms. The zero-order valence-corrected chi connectivity index (χ0v) is 22.4. The third-order valence-corrected chi connectivity index (χ3v) is 7.69. The Labute approximate surface area is 228 Å². The largest absolute Gasteiger partial charge is 0.492 e. The Bertz CT molecular complexity index is 1370. The van der Waals surface area contributed by atoms with Crippen molar-refractivity contribution < 1.29 is 28.7 Å². The maximum atomic E-state index is 12.9. The number of amides is 1. The number of hydrogen-bond donors (Lipinski definition) is 2. The predicted octanol–water partition coefficient (Wildman–Crippen LogP) is 5.33. The van der Waals surface area contributed by atoms with Crippen LogP contribution in [0.2, 0.25) is 0 Å². The summed E-state index contributed by atoms with van der Waals surface area (Å²) in [5, 5.41) is 12.0. The summed E-state index contributed by atoms with van der Waals surface area (Å²) < 4.78 is 18.1. The van der Waals surface area contributed by atoms with Crippen LogP contribution >= 0.6 is 0 Å². The summed E-state index contributed by atoms with van der Waals surface area (Å²) in [5.41, 5.74) is 4.69. The second kappa shape index (κ2) is 10.3. The van der Waals surface area contributed by atoms with E-state index in [1.807, 2.05) is 52.0 Å². The number of carboxylic acids is 1. The second-order valence-corrected chi connectivity index (χ2v) is 10.8. The van der Waals surface area contributed by atoms with Gasteiger partial charge in [0.15, 0.2) is 0 Å². The van der Waals surface area contributed by atoms with Gasteiger partial charge in [0.25, 0.3) is 0 Å². The van der Waals surface area contributed by atoms with Crippen LogP contribution in [-0.2, 0) is 14.0 Å². The summed E-state index contributed by atoms with van der Waals surface area (Å²) >= 11 is 0. The number of fused-ring (bicyclic) bond motifs is 3. The first-order valence-electron chi connectivity index (χ1n) is 12.9. The van der Waals surface area contributed by atoms with E-state index >= 15 is 0 Å². The number of carboxylic acid groups (broad SMARTS) is 1. The topological polar surface area (TPSA) is 107 Å². The van der Waals surface area contributed by atoms with E-state index < -0.39 is 30.4 Å². The molecular weight excluding hydrogens is 495 g/mol. The van der Waals surface area contributed by atoms with Crippen molar-refractivity contribution in [1.29, 1.82) is 0 Å². The maximum Gasteiger partial charge on any atom is 0.492 e. The SMILES string of the molecule is CC1(C)OB(C(=Cc2ccc(C(=O)O)nc2)CNC(=O)OCC2c3ccccc3-c3ccccc32)OC1(C)C. The minimum absolute atomic E-state index is 0.0416. The molecule has 0 bridgehead atoms. The van der Waals surface area contributed by atoms with E-state index in [0.29, 0.717) is 11.0 Å². The van der Waals surface area contributed by atoms with Crippen molar-refractivity contribution in [2.24, 2.45) is 0 Å². The van der Waals surface area contributed by atoms with Gasteiger partial charge >= 0.3 is 19.2 Å². The molecular formula is C30H31BN2O6. The molecule has 0 spiro atoms. The standard InChI is InChI=1S/C30H31BN2O6/c1-29(2)30(3,4)39-31(38-29)20(15-19-13-14-26(27(34)35)32-16-19)17-33-28(36)37-18-25-23-11-7-5-9-21(23)22-10-6-8-12-24(22)25/h5-16,25H,17-18H2,1-4H3,(H,33,36)(H,34,35). The van der Waals surface area contributed by atoms with Crippen molar-refractivity contribution in [2.45, 2.75) is 44.8 Å². The number of benzene rings is 2. The molecule has 0 atom stereocenters. The number of ether oxygens (including phenoxy) is 1. The number of aromatic nitrogens is 1. The highest BCUT2D eigenvalue weighted by atomic mass is 16.7. The van der Waals surface area contributed by atoms with Crippen LogP contribution < -0.4 is 5.32 Å². The molecule has 1 saturated heterocycles. The Hall–Kier alpha value is -3.95. The fraction of sp³-hybridized carbons (Fsp3) is 0.300. The van der Waals surface area contributed by atoms with Crippen molar-refractivity contribution in [3.63, 3.8) is 0 Å². The number of rotatable bonds is 7. The Morgan fingerprint density at radius 3 is 2.10 bits per heavy atom. The Morgan fingerprint density at radius 2 is 1.56 bits per heavy atom. The van der Waals surface area contributed by atoms with Gasteiger partial charge in [-0.15, -0.1) is 0 Å². The first-order chi connectivity index (χ1) is 18.6. The van der Waals surface area contributed by atoms with Crippen molar-refractivity contribution in [1.82, 2.24) is 10.3 Å². The molecule has 8 nitrogen and oxygen atoms in total. The van der Waals surface area contributed by atoms with Crippen LogP contribution in [0.1, 0.15) is 60.8 Å². The number of nitrogens with one attached hydrogen (secondary N) is 1. The summed E-state index contributed by atoms with van der Waals surface area (Å²) in [6, 6.07) is 19.4. The van der Waals surface area contributed by atoms with E-state index in [1.165, 1.54) is 12.3 Å². The van der Waals surface area contributed by atoms with Gasteiger partial charge < -0.3 is 24.5 Å². The van der Waals surface area contributed by atoms with Gasteiger partial charge in [0.05, 0.1) is 11.2 Å². The molecule has 5 rings (SSSR count). The van der Waals surface area contributed by atoms with Crippen molar-refractivity contribution in [3.05, 3.63) is 94.7 Å². The zero-order valence-electron chi connectivity index (χ0n) is 22.4. The van der Waals surface area contributed by atoms with Crippen LogP contribution in [-0.4, -0.2) is 53.6 Å². The number of nitrogens with zero attached hydrogens (tertiary/aromatic N) is 1. The number of carbonyl (C=O) groups excluding carboxylic acids is 1. The molecule has 1 aliphatic heterocycles. The average Bonchev–Trinajstić information content (AvgIpc) is 3.34. The third kappa shape index (κ3) is 5.33. The molecule has 2 aromatic carbocycles. The molecule has 0 radical (unpaired) electrons. The lowest BCUT2D eigenvalue weighted by atomic mass is 9.77. The van der Waals surface area contributed by atoms with E-state index in [4.69, 9.17) is 19.2 Å². The molecule has 1 aromatic heterocycles. The third-order valence-electron chi connectivity index (χ3n) is 7.69. The van der Waals surface area contributed by atoms with Gasteiger partial charge in [0.1, 0.15) is 12.3 Å². The van der Waals surface area contributed by atoms with E-state index in [9.17, 15) is 9.59 Å². The lowest BCUT2D eigenvalue weighted by Gasteiger charge is -2.32. The first kappa shape index (κ1) is 26.7. The van der Waals surface area contributed by atoms with Crippen LogP contribution in [0.3, 0.4) is 0 Å². The normalized spacial score (nSPS) is 17.4. The number of alkyl carbamates (subject to hydrolysis) is 1. The number of hydrogen-bond acceptors (Lipinski definition) is 6. The summed E-state index contributed by atoms with van der Waals surface area (Å²) in [6.07, 6.45) is 2.69. The van der Waals surface area contributed by atoms with Crippen LogP contribution in [0.4, 0.5) is 4.79 Å². The monoisotopic (exact) mass is 526 g/mol. The maximum absolute atomic E-state index is 12.9. The van der Waals surface area contributed by atoms with Crippen LogP contribution in [0.25, 0.3) is 17.2 Å². The number of carbonyl (C=O) groups is 2. The lowest BCUT2D eigenvalue weighted by molar-refractivity contribution is 0.00578. The van der Waals surface area contributed by atoms with E-state index in [0.717, 1.165) is 22.3 Å². The fourth-order valence-corrected chi connectivity index (χ4v) is 4.85. The first-order valence-corrected chi connectivity index (χ1v) is 12.9. The van der Waals surface area contributed by atoms with E-state index in [2.05, 4.69) is 34.6 Å². The quantitative estimate of drug-likeness (QED) is 0.401. The van der Waals surface area contributed by atoms with Crippen LogP contribution in [0, 0.1) is 0 Å². The molecule has 2 heterocycles. The van der Waals surface area contributed by atoms with Gasteiger partial charge in [-0.25, -0.2) is 14.6 Å². The predicted molar refractivity (Wildman–Crippen MR) is 148 cm³/mol. The van der Waals surface area contributed by atoms with Crippen LogP contribution in [0.15, 0.2) is 72.3 Å². The van der Waals surface area contributed by atoms with Crippen molar-refractivity contribution in [3.8, 4) is 11.1 Å². The molecule has 200 valence electrons. The van der Waals surface area contributed by atoms with Gasteiger partial charge in [-0.05, 0) is 67.1 Å². The number of pyridine rings is 1. The van der Waals surface area contributed by atoms with Gasteiger partial charge in [-0.2, -0.15) is 0 Å². The second-order valence-electron chi connectivity index (χ2n) is 10.8. The summed E-state index contributed by atoms with van der Waals surface area (Å²) in [5.74, 6) is -1.14. The Morgan fingerprint density at radius 1 is 0.974 bits per heavy atom. The highest BCUT2D eigenvalue weighted by Gasteiger charge is 2.52.